The van der Waals surface area contributed by atoms with Gasteiger partial charge in [0.1, 0.15) is 5.75 Å². The predicted molar refractivity (Wildman–Crippen MR) is 68.4 cm³/mol. The maximum absolute atomic E-state index is 11.4. The average Bonchev–Trinajstić information content (AvgIpc) is 2.31. The molecule has 0 radical (unpaired) electrons. The summed E-state index contributed by atoms with van der Waals surface area (Å²) in [5.41, 5.74) is 0.927. The number of hydrogen-bond donors (Lipinski definition) is 2. The average molecular weight is 257 g/mol. The van der Waals surface area contributed by atoms with Crippen molar-refractivity contribution in [1.29, 1.82) is 0 Å². The first-order valence-corrected chi connectivity index (χ1v) is 5.77. The van der Waals surface area contributed by atoms with Gasteiger partial charge in [0.2, 0.25) is 0 Å². The Morgan fingerprint density at radius 2 is 2.18 bits per heavy atom. The topological polar surface area (TPSA) is 50.4 Å². The van der Waals surface area contributed by atoms with Crippen LogP contribution < -0.4 is 15.4 Å². The monoisotopic (exact) mass is 256 g/mol. The van der Waals surface area contributed by atoms with Gasteiger partial charge in [-0.05, 0) is 32.2 Å². The van der Waals surface area contributed by atoms with Gasteiger partial charge < -0.3 is 15.4 Å². The van der Waals surface area contributed by atoms with E-state index in [1.807, 2.05) is 13.1 Å². The summed E-state index contributed by atoms with van der Waals surface area (Å²) in [7, 11) is 3.42. The SMILES string of the molecule is CNCc1cc(Cl)ccc1OC(C)C(=O)NC. The van der Waals surface area contributed by atoms with Gasteiger partial charge in [0.05, 0.1) is 0 Å². The van der Waals surface area contributed by atoms with Crippen LogP contribution in [0.25, 0.3) is 0 Å². The van der Waals surface area contributed by atoms with Crippen LogP contribution in [0.5, 0.6) is 5.75 Å². The second kappa shape index (κ2) is 6.47. The van der Waals surface area contributed by atoms with Gasteiger partial charge in [0.15, 0.2) is 6.10 Å². The molecule has 5 heteroatoms. The number of carbonyl (C=O) groups is 1. The second-order valence-electron chi connectivity index (χ2n) is 3.66. The number of amides is 1. The quantitative estimate of drug-likeness (QED) is 0.841. The molecule has 0 aliphatic rings. The lowest BCUT2D eigenvalue weighted by atomic mass is 10.2. The molecule has 1 aromatic rings. The molecule has 0 fully saturated rings. The fourth-order valence-corrected chi connectivity index (χ4v) is 1.63. The van der Waals surface area contributed by atoms with Crippen LogP contribution in [0.3, 0.4) is 0 Å². The van der Waals surface area contributed by atoms with Crippen LogP contribution >= 0.6 is 11.6 Å². The third-order valence-electron chi connectivity index (χ3n) is 2.31. The number of ether oxygens (including phenoxy) is 1. The van der Waals surface area contributed by atoms with E-state index >= 15 is 0 Å². The molecule has 4 nitrogen and oxygen atoms in total. The highest BCUT2D eigenvalue weighted by Gasteiger charge is 2.14. The lowest BCUT2D eigenvalue weighted by molar-refractivity contribution is -0.126. The molecule has 2 N–H and O–H groups in total. The highest BCUT2D eigenvalue weighted by atomic mass is 35.5. The molecular formula is C12H17ClN2O2. The number of carbonyl (C=O) groups excluding carboxylic acids is 1. The lowest BCUT2D eigenvalue weighted by Gasteiger charge is -2.16. The molecule has 0 aromatic heterocycles. The third kappa shape index (κ3) is 3.91. The van der Waals surface area contributed by atoms with E-state index in [0.717, 1.165) is 5.56 Å². The number of benzene rings is 1. The molecule has 0 saturated heterocycles. The minimum atomic E-state index is -0.531. The van der Waals surface area contributed by atoms with Crippen LogP contribution in [0, 0.1) is 0 Å². The first kappa shape index (κ1) is 13.8. The van der Waals surface area contributed by atoms with Gasteiger partial charge in [-0.15, -0.1) is 0 Å². The molecule has 0 aliphatic heterocycles. The van der Waals surface area contributed by atoms with Crippen LogP contribution in [0.15, 0.2) is 18.2 Å². The van der Waals surface area contributed by atoms with Gasteiger partial charge in [-0.3, -0.25) is 4.79 Å². The van der Waals surface area contributed by atoms with E-state index in [1.54, 1.807) is 26.1 Å². The Morgan fingerprint density at radius 1 is 1.47 bits per heavy atom. The van der Waals surface area contributed by atoms with Crippen LogP contribution in [0.4, 0.5) is 0 Å². The Labute approximate surface area is 106 Å². The first-order valence-electron chi connectivity index (χ1n) is 5.39. The van der Waals surface area contributed by atoms with Gasteiger partial charge in [-0.2, -0.15) is 0 Å². The fourth-order valence-electron chi connectivity index (χ4n) is 1.44. The van der Waals surface area contributed by atoms with Gasteiger partial charge in [-0.1, -0.05) is 11.6 Å². The summed E-state index contributed by atoms with van der Waals surface area (Å²) in [5.74, 6) is 0.509. The zero-order valence-electron chi connectivity index (χ0n) is 10.2. The molecule has 0 saturated carbocycles. The van der Waals surface area contributed by atoms with Crippen molar-refractivity contribution in [1.82, 2.24) is 10.6 Å². The Hall–Kier alpha value is -1.26. The summed E-state index contributed by atoms with van der Waals surface area (Å²) in [5, 5.41) is 6.22. The molecule has 1 atom stereocenters. The van der Waals surface area contributed by atoms with E-state index in [-0.39, 0.29) is 5.91 Å². The van der Waals surface area contributed by atoms with Crippen molar-refractivity contribution in [2.45, 2.75) is 19.6 Å². The lowest BCUT2D eigenvalue weighted by Crippen LogP contribution is -2.34. The second-order valence-corrected chi connectivity index (χ2v) is 4.09. The fraction of sp³-hybridized carbons (Fsp3) is 0.417. The maximum Gasteiger partial charge on any atom is 0.260 e. The molecular weight excluding hydrogens is 240 g/mol. The van der Waals surface area contributed by atoms with Crippen molar-refractivity contribution < 1.29 is 9.53 Å². The maximum atomic E-state index is 11.4. The predicted octanol–water partition coefficient (Wildman–Crippen LogP) is 1.57. The van der Waals surface area contributed by atoms with Crippen LogP contribution in [-0.2, 0) is 11.3 Å². The molecule has 0 bridgehead atoms. The number of hydrogen-bond acceptors (Lipinski definition) is 3. The Balaban J connectivity index is 2.85. The van der Waals surface area contributed by atoms with Crippen molar-refractivity contribution in [2.24, 2.45) is 0 Å². The van der Waals surface area contributed by atoms with Gasteiger partial charge in [0, 0.05) is 24.2 Å². The minimum Gasteiger partial charge on any atom is -0.481 e. The summed E-state index contributed by atoms with van der Waals surface area (Å²) in [4.78, 5) is 11.4. The van der Waals surface area contributed by atoms with Crippen molar-refractivity contribution in [3.8, 4) is 5.75 Å². The zero-order valence-corrected chi connectivity index (χ0v) is 11.0. The Bertz CT molecular complexity index is 396. The van der Waals surface area contributed by atoms with Crippen LogP contribution in [0.2, 0.25) is 5.02 Å². The van der Waals surface area contributed by atoms with Crippen molar-refractivity contribution in [2.75, 3.05) is 14.1 Å². The number of rotatable bonds is 5. The summed E-state index contributed by atoms with van der Waals surface area (Å²) >= 11 is 5.92. The summed E-state index contributed by atoms with van der Waals surface area (Å²) in [6.45, 7) is 2.34. The molecule has 1 amide bonds. The summed E-state index contributed by atoms with van der Waals surface area (Å²) in [6.07, 6.45) is -0.531. The van der Waals surface area contributed by atoms with Gasteiger partial charge >= 0.3 is 0 Å². The zero-order chi connectivity index (χ0) is 12.8. The molecule has 1 rings (SSSR count). The number of likely N-dealkylation sites (N-methyl/N-ethyl adjacent to an activating group) is 1. The van der Waals surface area contributed by atoms with Crippen molar-refractivity contribution >= 4 is 17.5 Å². The van der Waals surface area contributed by atoms with Gasteiger partial charge in [-0.25, -0.2) is 0 Å². The standard InChI is InChI=1S/C12H17ClN2O2/c1-8(12(16)15-3)17-11-5-4-10(13)6-9(11)7-14-2/h4-6,8,14H,7H2,1-3H3,(H,15,16). The molecule has 0 spiro atoms. The Kier molecular flexibility index (Phi) is 5.25. The van der Waals surface area contributed by atoms with E-state index in [1.165, 1.54) is 0 Å². The minimum absolute atomic E-state index is 0.157. The van der Waals surface area contributed by atoms with E-state index in [9.17, 15) is 4.79 Å². The number of halogens is 1. The Morgan fingerprint density at radius 3 is 2.76 bits per heavy atom. The summed E-state index contributed by atoms with van der Waals surface area (Å²) < 4.78 is 5.60. The molecule has 0 heterocycles. The third-order valence-corrected chi connectivity index (χ3v) is 2.54. The van der Waals surface area contributed by atoms with Crippen LogP contribution in [-0.4, -0.2) is 26.1 Å². The normalized spacial score (nSPS) is 12.0. The molecule has 1 unspecified atom stereocenters. The summed E-state index contributed by atoms with van der Waals surface area (Å²) in [6, 6.07) is 5.34. The van der Waals surface area contributed by atoms with Crippen LogP contribution in [0.1, 0.15) is 12.5 Å². The van der Waals surface area contributed by atoms with Crippen molar-refractivity contribution in [3.05, 3.63) is 28.8 Å². The molecule has 94 valence electrons. The largest absolute Gasteiger partial charge is 0.481 e. The van der Waals surface area contributed by atoms with Gasteiger partial charge in [0.25, 0.3) is 5.91 Å². The molecule has 1 aromatic carbocycles. The van der Waals surface area contributed by atoms with E-state index in [2.05, 4.69) is 10.6 Å². The highest BCUT2D eigenvalue weighted by molar-refractivity contribution is 6.30. The number of nitrogens with one attached hydrogen (secondary N) is 2. The van der Waals surface area contributed by atoms with Crippen molar-refractivity contribution in [3.63, 3.8) is 0 Å². The van der Waals surface area contributed by atoms with E-state index in [4.69, 9.17) is 16.3 Å². The van der Waals surface area contributed by atoms with E-state index in [0.29, 0.717) is 17.3 Å². The molecule has 17 heavy (non-hydrogen) atoms. The highest BCUT2D eigenvalue weighted by Crippen LogP contribution is 2.23. The van der Waals surface area contributed by atoms with E-state index < -0.39 is 6.10 Å². The smallest absolute Gasteiger partial charge is 0.260 e. The first-order chi connectivity index (χ1) is 8.08. The molecule has 0 aliphatic carbocycles.